The molecule has 7 heteroatoms. The fourth-order valence-electron chi connectivity index (χ4n) is 1.02. The lowest BCUT2D eigenvalue weighted by atomic mass is 10.7. The minimum Gasteiger partial charge on any atom is -0.357 e. The fourth-order valence-corrected chi connectivity index (χ4v) is 1.33. The minimum absolute atomic E-state index is 0.574. The number of hydrogen-bond donors (Lipinski definition) is 2. The average Bonchev–Trinajstić information content (AvgIpc) is 2.29. The van der Waals surface area contributed by atoms with E-state index in [0.717, 1.165) is 12.3 Å². The third-order valence-electron chi connectivity index (χ3n) is 1.84. The highest BCUT2D eigenvalue weighted by Crippen LogP contribution is 2.10. The Hall–Kier alpha value is -1.24. The van der Waals surface area contributed by atoms with E-state index in [1.165, 1.54) is 0 Å². The maximum Gasteiger partial charge on any atom is 0.231 e. The Morgan fingerprint density at radius 3 is 2.44 bits per heavy atom. The number of rotatable bonds is 6. The van der Waals surface area contributed by atoms with Crippen LogP contribution in [0.5, 0.6) is 0 Å². The van der Waals surface area contributed by atoms with Gasteiger partial charge in [0, 0.05) is 33.4 Å². The second-order valence-corrected chi connectivity index (χ2v) is 4.33. The van der Waals surface area contributed by atoms with Gasteiger partial charge in [-0.05, 0) is 6.26 Å². The van der Waals surface area contributed by atoms with E-state index in [9.17, 15) is 0 Å². The van der Waals surface area contributed by atoms with Crippen LogP contribution in [0.25, 0.3) is 0 Å². The Bertz CT molecular complexity index is 330. The average molecular weight is 242 g/mol. The van der Waals surface area contributed by atoms with Crippen LogP contribution in [-0.4, -0.2) is 54.6 Å². The number of aromatic nitrogens is 3. The van der Waals surface area contributed by atoms with Crippen molar-refractivity contribution in [3.8, 4) is 0 Å². The molecule has 2 N–H and O–H groups in total. The van der Waals surface area contributed by atoms with Crippen molar-refractivity contribution in [2.45, 2.75) is 0 Å². The lowest BCUT2D eigenvalue weighted by Gasteiger charge is -2.12. The third kappa shape index (κ3) is 3.73. The fraction of sp³-hybridized carbons (Fsp3) is 0.667. The van der Waals surface area contributed by atoms with E-state index < -0.39 is 0 Å². The first kappa shape index (κ1) is 12.8. The van der Waals surface area contributed by atoms with Gasteiger partial charge in [0.25, 0.3) is 0 Å². The molecule has 0 atom stereocenters. The quantitative estimate of drug-likeness (QED) is 0.714. The van der Waals surface area contributed by atoms with Gasteiger partial charge in [0.15, 0.2) is 0 Å². The van der Waals surface area contributed by atoms with Crippen LogP contribution >= 0.6 is 11.8 Å². The predicted molar refractivity (Wildman–Crippen MR) is 70.6 cm³/mol. The topological polar surface area (TPSA) is 66.0 Å². The molecule has 0 radical (unpaired) electrons. The molecule has 90 valence electrons. The number of nitrogens with zero attached hydrogens (tertiary/aromatic N) is 4. The minimum atomic E-state index is 0.574. The van der Waals surface area contributed by atoms with E-state index >= 15 is 0 Å². The van der Waals surface area contributed by atoms with Crippen molar-refractivity contribution in [1.82, 2.24) is 15.0 Å². The Morgan fingerprint density at radius 1 is 1.19 bits per heavy atom. The Kier molecular flexibility index (Phi) is 5.10. The lowest BCUT2D eigenvalue weighted by Crippen LogP contribution is -2.17. The molecular formula is C9H18N6S. The predicted octanol–water partition coefficient (Wildman–Crippen LogP) is 0.754. The molecule has 1 heterocycles. The summed E-state index contributed by atoms with van der Waals surface area (Å²) in [5.41, 5.74) is 0. The van der Waals surface area contributed by atoms with Crippen molar-refractivity contribution in [2.24, 2.45) is 0 Å². The highest BCUT2D eigenvalue weighted by molar-refractivity contribution is 7.98. The van der Waals surface area contributed by atoms with Gasteiger partial charge in [-0.25, -0.2) is 0 Å². The van der Waals surface area contributed by atoms with Gasteiger partial charge < -0.3 is 15.5 Å². The van der Waals surface area contributed by atoms with E-state index in [0.29, 0.717) is 17.8 Å². The molecule has 0 amide bonds. The van der Waals surface area contributed by atoms with Crippen LogP contribution in [-0.2, 0) is 0 Å². The molecule has 0 saturated heterocycles. The third-order valence-corrected chi connectivity index (χ3v) is 2.45. The van der Waals surface area contributed by atoms with E-state index in [4.69, 9.17) is 0 Å². The summed E-state index contributed by atoms with van der Waals surface area (Å²) in [6.45, 7) is 0.848. The standard InChI is InChI=1S/C9H18N6S/c1-10-7-12-8(11-5-6-16-4)14-9(13-7)15(2)3/h5-6H2,1-4H3,(H2,10,11,12,13,14). The summed E-state index contributed by atoms with van der Waals surface area (Å²) in [5, 5.41) is 6.08. The van der Waals surface area contributed by atoms with Crippen LogP contribution in [0, 0.1) is 0 Å². The molecule has 0 bridgehead atoms. The Balaban J connectivity index is 2.78. The molecule has 0 saturated carbocycles. The van der Waals surface area contributed by atoms with Gasteiger partial charge in [-0.2, -0.15) is 26.7 Å². The summed E-state index contributed by atoms with van der Waals surface area (Å²) in [6, 6.07) is 0. The lowest BCUT2D eigenvalue weighted by molar-refractivity contribution is 0.951. The summed E-state index contributed by atoms with van der Waals surface area (Å²) >= 11 is 1.78. The van der Waals surface area contributed by atoms with Crippen molar-refractivity contribution >= 4 is 29.6 Å². The molecule has 0 aliphatic carbocycles. The summed E-state index contributed by atoms with van der Waals surface area (Å²) in [4.78, 5) is 14.6. The zero-order chi connectivity index (χ0) is 12.0. The molecule has 6 nitrogen and oxygen atoms in total. The van der Waals surface area contributed by atoms with Gasteiger partial charge >= 0.3 is 0 Å². The molecule has 0 aliphatic rings. The van der Waals surface area contributed by atoms with E-state index in [-0.39, 0.29) is 0 Å². The second kappa shape index (κ2) is 6.37. The van der Waals surface area contributed by atoms with Crippen molar-refractivity contribution in [2.75, 3.05) is 55.2 Å². The van der Waals surface area contributed by atoms with Crippen LogP contribution in [0.4, 0.5) is 17.8 Å². The van der Waals surface area contributed by atoms with Gasteiger partial charge in [-0.15, -0.1) is 0 Å². The van der Waals surface area contributed by atoms with Crippen molar-refractivity contribution < 1.29 is 0 Å². The first-order chi connectivity index (χ1) is 7.67. The molecule has 0 fully saturated rings. The number of thioether (sulfide) groups is 1. The normalized spacial score (nSPS) is 10.0. The zero-order valence-corrected chi connectivity index (χ0v) is 10.9. The van der Waals surface area contributed by atoms with E-state index in [2.05, 4.69) is 31.8 Å². The highest BCUT2D eigenvalue weighted by atomic mass is 32.2. The highest BCUT2D eigenvalue weighted by Gasteiger charge is 2.06. The summed E-state index contributed by atoms with van der Waals surface area (Å²) in [6.07, 6.45) is 2.07. The number of hydrogen-bond acceptors (Lipinski definition) is 7. The zero-order valence-electron chi connectivity index (χ0n) is 10.1. The van der Waals surface area contributed by atoms with Gasteiger partial charge in [-0.3, -0.25) is 0 Å². The second-order valence-electron chi connectivity index (χ2n) is 3.35. The van der Waals surface area contributed by atoms with Gasteiger partial charge in [0.2, 0.25) is 17.8 Å². The van der Waals surface area contributed by atoms with Crippen LogP contribution < -0.4 is 15.5 Å². The molecule has 0 aromatic carbocycles. The van der Waals surface area contributed by atoms with Gasteiger partial charge in [0.05, 0.1) is 0 Å². The number of anilines is 3. The summed E-state index contributed by atoms with van der Waals surface area (Å²) < 4.78 is 0. The van der Waals surface area contributed by atoms with Gasteiger partial charge in [0.1, 0.15) is 0 Å². The van der Waals surface area contributed by atoms with Crippen LogP contribution in [0.2, 0.25) is 0 Å². The molecular weight excluding hydrogens is 224 g/mol. The van der Waals surface area contributed by atoms with Gasteiger partial charge in [-0.1, -0.05) is 0 Å². The maximum atomic E-state index is 4.30. The number of nitrogens with one attached hydrogen (secondary N) is 2. The van der Waals surface area contributed by atoms with E-state index in [1.807, 2.05) is 19.0 Å². The first-order valence-electron chi connectivity index (χ1n) is 5.01. The van der Waals surface area contributed by atoms with Crippen molar-refractivity contribution in [3.05, 3.63) is 0 Å². The van der Waals surface area contributed by atoms with Crippen LogP contribution in [0.3, 0.4) is 0 Å². The summed E-state index contributed by atoms with van der Waals surface area (Å²) in [7, 11) is 5.60. The van der Waals surface area contributed by atoms with Crippen molar-refractivity contribution in [1.29, 1.82) is 0 Å². The molecule has 1 aromatic heterocycles. The van der Waals surface area contributed by atoms with Crippen LogP contribution in [0.1, 0.15) is 0 Å². The largest absolute Gasteiger partial charge is 0.357 e. The Morgan fingerprint density at radius 2 is 1.88 bits per heavy atom. The smallest absolute Gasteiger partial charge is 0.231 e. The monoisotopic (exact) mass is 242 g/mol. The molecule has 16 heavy (non-hydrogen) atoms. The van der Waals surface area contributed by atoms with E-state index in [1.54, 1.807) is 18.8 Å². The Labute approximate surface area is 100 Å². The van der Waals surface area contributed by atoms with Crippen LogP contribution in [0.15, 0.2) is 0 Å². The molecule has 0 spiro atoms. The molecule has 0 aliphatic heterocycles. The summed E-state index contributed by atoms with van der Waals surface area (Å²) in [5.74, 6) is 2.85. The molecule has 1 aromatic rings. The first-order valence-corrected chi connectivity index (χ1v) is 6.40. The molecule has 1 rings (SSSR count). The maximum absolute atomic E-state index is 4.30. The molecule has 0 unspecified atom stereocenters. The van der Waals surface area contributed by atoms with Crippen molar-refractivity contribution in [3.63, 3.8) is 0 Å². The SMILES string of the molecule is CNc1nc(NCCSC)nc(N(C)C)n1.